The van der Waals surface area contributed by atoms with Gasteiger partial charge in [0.2, 0.25) is 5.82 Å². The fraction of sp³-hybridized carbons (Fsp3) is 0.385. The number of nitrogens with zero attached hydrogens (tertiary/aromatic N) is 2. The van der Waals surface area contributed by atoms with Crippen molar-refractivity contribution in [2.45, 2.75) is 31.5 Å². The molecule has 0 bridgehead atoms. The van der Waals surface area contributed by atoms with Crippen LogP contribution in [-0.2, 0) is 20.6 Å². The molecule has 1 aromatic carbocycles. The van der Waals surface area contributed by atoms with Gasteiger partial charge in [0.15, 0.2) is 0 Å². The molecule has 0 aliphatic carbocycles. The Hall–Kier alpha value is -1.48. The third-order valence-corrected chi connectivity index (χ3v) is 3.10. The minimum absolute atomic E-state index is 0.0647. The first-order valence-corrected chi connectivity index (χ1v) is 6.95. The van der Waals surface area contributed by atoms with Crippen molar-refractivity contribution >= 4 is 12.0 Å². The maximum atomic E-state index is 13.9. The number of benzene rings is 1. The van der Waals surface area contributed by atoms with Gasteiger partial charge in [-0.2, -0.15) is 9.32 Å². The zero-order valence-corrected chi connectivity index (χ0v) is 12.6. The normalized spacial score (nSPS) is 11.3. The number of hydrogen-bond donors (Lipinski definition) is 0. The Balaban J connectivity index is 2.09. The molecule has 0 saturated carbocycles. The number of hydrogen-bond acceptors (Lipinski definition) is 7. The van der Waals surface area contributed by atoms with E-state index in [-0.39, 0.29) is 12.7 Å². The molecule has 1 aromatic heterocycles. The van der Waals surface area contributed by atoms with E-state index in [1.165, 1.54) is 13.2 Å². The van der Waals surface area contributed by atoms with E-state index in [1.807, 2.05) is 13.8 Å². The second kappa shape index (κ2) is 7.51. The van der Waals surface area contributed by atoms with Crippen molar-refractivity contribution in [2.75, 3.05) is 7.11 Å². The Morgan fingerprint density at radius 1 is 1.38 bits per heavy atom. The molecular weight excluding hydrogens is 299 g/mol. The average molecular weight is 314 g/mol. The average Bonchev–Trinajstić information content (AvgIpc) is 2.92. The molecule has 0 radical (unpaired) electrons. The highest BCUT2D eigenvalue weighted by Gasteiger charge is 2.12. The first-order valence-electron chi connectivity index (χ1n) is 6.21. The van der Waals surface area contributed by atoms with Gasteiger partial charge in [-0.05, 0) is 32.0 Å². The molecule has 114 valence electrons. The van der Waals surface area contributed by atoms with Crippen molar-refractivity contribution < 1.29 is 22.9 Å². The molecule has 0 N–H and O–H groups in total. The van der Waals surface area contributed by atoms with Gasteiger partial charge in [0, 0.05) is 5.56 Å². The molecular formula is C13H15FN2O4S. The highest BCUT2D eigenvalue weighted by Crippen LogP contribution is 2.26. The molecule has 0 aliphatic rings. The van der Waals surface area contributed by atoms with Crippen molar-refractivity contribution in [1.82, 2.24) is 10.1 Å². The van der Waals surface area contributed by atoms with E-state index < -0.39 is 5.82 Å². The second-order valence-corrected chi connectivity index (χ2v) is 5.08. The molecule has 0 atom stereocenters. The molecule has 0 spiro atoms. The first-order chi connectivity index (χ1) is 10.1. The smallest absolute Gasteiger partial charge is 0.252 e. The largest absolute Gasteiger partial charge is 0.369 e. The van der Waals surface area contributed by atoms with Crippen LogP contribution < -0.4 is 0 Å². The molecule has 2 aromatic rings. The summed E-state index contributed by atoms with van der Waals surface area (Å²) in [5.41, 5.74) is 0.508. The third-order valence-electron chi connectivity index (χ3n) is 2.39. The summed E-state index contributed by atoms with van der Waals surface area (Å²) in [6.07, 6.45) is 0.0647. The van der Waals surface area contributed by atoms with Crippen LogP contribution in [0.3, 0.4) is 0 Å². The number of rotatable bonds is 7. The first kappa shape index (κ1) is 15.9. The van der Waals surface area contributed by atoms with Gasteiger partial charge in [-0.15, -0.1) is 0 Å². The van der Waals surface area contributed by atoms with Crippen LogP contribution in [0.1, 0.15) is 19.7 Å². The predicted molar refractivity (Wildman–Crippen MR) is 73.6 cm³/mol. The van der Waals surface area contributed by atoms with Crippen molar-refractivity contribution in [2.24, 2.45) is 0 Å². The van der Waals surface area contributed by atoms with Crippen LogP contribution in [0, 0.1) is 5.82 Å². The van der Waals surface area contributed by atoms with Crippen LogP contribution in [0.15, 0.2) is 27.6 Å². The maximum absolute atomic E-state index is 13.9. The Morgan fingerprint density at radius 3 is 2.86 bits per heavy atom. The standard InChI is InChI=1S/C13H15FN2O4S/c1-8(2)18-7-12-15-13(16-19-12)9-4-5-11(10(14)6-9)21-20-17-3/h4-6,8H,7H2,1-3H3. The van der Waals surface area contributed by atoms with Crippen molar-refractivity contribution in [1.29, 1.82) is 0 Å². The summed E-state index contributed by atoms with van der Waals surface area (Å²) >= 11 is 0.786. The summed E-state index contributed by atoms with van der Waals surface area (Å²) in [7, 11) is 1.35. The van der Waals surface area contributed by atoms with Gasteiger partial charge in [-0.25, -0.2) is 9.28 Å². The lowest BCUT2D eigenvalue weighted by Gasteiger charge is -2.02. The van der Waals surface area contributed by atoms with Gasteiger partial charge >= 0.3 is 0 Å². The Morgan fingerprint density at radius 2 is 2.19 bits per heavy atom. The summed E-state index contributed by atoms with van der Waals surface area (Å²) < 4.78 is 28.9. The summed E-state index contributed by atoms with van der Waals surface area (Å²) in [6.45, 7) is 4.04. The van der Waals surface area contributed by atoms with E-state index in [9.17, 15) is 4.39 Å². The second-order valence-electron chi connectivity index (χ2n) is 4.33. The van der Waals surface area contributed by atoms with E-state index in [2.05, 4.69) is 19.4 Å². The minimum atomic E-state index is -0.459. The van der Waals surface area contributed by atoms with Crippen LogP contribution >= 0.6 is 12.0 Å². The van der Waals surface area contributed by atoms with E-state index in [0.717, 1.165) is 12.0 Å². The zero-order valence-electron chi connectivity index (χ0n) is 11.8. The molecule has 0 fully saturated rings. The summed E-state index contributed by atoms with van der Waals surface area (Å²) in [5.74, 6) is 0.195. The molecule has 6 nitrogen and oxygen atoms in total. The lowest BCUT2D eigenvalue weighted by molar-refractivity contribution is -0.160. The zero-order chi connectivity index (χ0) is 15.2. The lowest BCUT2D eigenvalue weighted by Crippen LogP contribution is -2.02. The fourth-order valence-corrected chi connectivity index (χ4v) is 1.85. The molecule has 0 unspecified atom stereocenters. The third kappa shape index (κ3) is 4.50. The Bertz CT molecular complexity index is 591. The van der Waals surface area contributed by atoms with E-state index >= 15 is 0 Å². The van der Waals surface area contributed by atoms with Crippen LogP contribution in [0.5, 0.6) is 0 Å². The predicted octanol–water partition coefficient (Wildman–Crippen LogP) is 3.39. The summed E-state index contributed by atoms with van der Waals surface area (Å²) in [5, 5.41) is 3.80. The van der Waals surface area contributed by atoms with Gasteiger partial charge in [-0.3, -0.25) is 0 Å². The molecule has 1 heterocycles. The van der Waals surface area contributed by atoms with E-state index in [4.69, 9.17) is 9.26 Å². The maximum Gasteiger partial charge on any atom is 0.252 e. The van der Waals surface area contributed by atoms with Gasteiger partial charge < -0.3 is 9.26 Å². The SMILES string of the molecule is COOSc1ccc(-c2noc(COC(C)C)n2)cc1F. The Kier molecular flexibility index (Phi) is 5.68. The number of ether oxygens (including phenoxy) is 1. The molecule has 21 heavy (non-hydrogen) atoms. The van der Waals surface area contributed by atoms with Crippen LogP contribution in [0.4, 0.5) is 4.39 Å². The minimum Gasteiger partial charge on any atom is -0.369 e. The quantitative estimate of drug-likeness (QED) is 0.441. The fourth-order valence-electron chi connectivity index (χ4n) is 1.45. The lowest BCUT2D eigenvalue weighted by atomic mass is 10.2. The van der Waals surface area contributed by atoms with Crippen molar-refractivity contribution in [3.05, 3.63) is 29.9 Å². The van der Waals surface area contributed by atoms with Crippen LogP contribution in [0.25, 0.3) is 11.4 Å². The van der Waals surface area contributed by atoms with Crippen molar-refractivity contribution in [3.8, 4) is 11.4 Å². The van der Waals surface area contributed by atoms with Gasteiger partial charge in [0.05, 0.1) is 30.2 Å². The topological polar surface area (TPSA) is 66.6 Å². The van der Waals surface area contributed by atoms with E-state index in [0.29, 0.717) is 22.2 Å². The van der Waals surface area contributed by atoms with Crippen LogP contribution in [0.2, 0.25) is 0 Å². The molecule has 0 saturated heterocycles. The molecule has 2 rings (SSSR count). The van der Waals surface area contributed by atoms with Crippen LogP contribution in [-0.4, -0.2) is 23.4 Å². The summed E-state index contributed by atoms with van der Waals surface area (Å²) in [6, 6.07) is 4.52. The molecule has 0 amide bonds. The number of aromatic nitrogens is 2. The van der Waals surface area contributed by atoms with E-state index in [1.54, 1.807) is 12.1 Å². The monoisotopic (exact) mass is 314 g/mol. The Labute approximate surface area is 125 Å². The highest BCUT2D eigenvalue weighted by molar-refractivity contribution is 7.94. The summed E-state index contributed by atoms with van der Waals surface area (Å²) in [4.78, 5) is 8.86. The van der Waals surface area contributed by atoms with Crippen molar-refractivity contribution in [3.63, 3.8) is 0 Å². The molecule has 0 aliphatic heterocycles. The molecule has 8 heteroatoms. The van der Waals surface area contributed by atoms with Gasteiger partial charge in [-0.1, -0.05) is 5.16 Å². The van der Waals surface area contributed by atoms with Gasteiger partial charge in [0.1, 0.15) is 12.4 Å². The van der Waals surface area contributed by atoms with Gasteiger partial charge in [0.25, 0.3) is 5.89 Å². The highest BCUT2D eigenvalue weighted by atomic mass is 32.2. The number of halogens is 1.